The summed E-state index contributed by atoms with van der Waals surface area (Å²) >= 11 is 0. The molecule has 1 aliphatic rings. The molecule has 0 spiro atoms. The summed E-state index contributed by atoms with van der Waals surface area (Å²) in [6, 6.07) is 5.53. The maximum Gasteiger partial charge on any atom is 0.302 e. The molecule has 8 nitrogen and oxygen atoms in total. The van der Waals surface area contributed by atoms with Gasteiger partial charge in [0, 0.05) is 37.4 Å². The van der Waals surface area contributed by atoms with Crippen LogP contribution < -0.4 is 5.32 Å². The van der Waals surface area contributed by atoms with Crippen molar-refractivity contribution in [3.63, 3.8) is 0 Å². The second-order valence-corrected chi connectivity index (χ2v) is 6.61. The number of H-pyrrole nitrogens is 1. The summed E-state index contributed by atoms with van der Waals surface area (Å²) in [5.41, 5.74) is 1.74. The van der Waals surface area contributed by atoms with Gasteiger partial charge in [-0.2, -0.15) is 0 Å². The minimum Gasteiger partial charge on any atom is -0.460 e. The summed E-state index contributed by atoms with van der Waals surface area (Å²) in [6.07, 6.45) is 1.08. The highest BCUT2D eigenvalue weighted by Crippen LogP contribution is 2.23. The van der Waals surface area contributed by atoms with E-state index >= 15 is 0 Å². The fourth-order valence-electron chi connectivity index (χ4n) is 3.45. The van der Waals surface area contributed by atoms with Crippen LogP contribution in [0.1, 0.15) is 26.3 Å². The van der Waals surface area contributed by atoms with Crippen LogP contribution in [0.15, 0.2) is 30.5 Å². The summed E-state index contributed by atoms with van der Waals surface area (Å²) in [5, 5.41) is 3.52. The Morgan fingerprint density at radius 3 is 2.59 bits per heavy atom. The molecule has 2 N–H and O–H groups in total. The quantitative estimate of drug-likeness (QED) is 0.777. The Labute approximate surface area is 155 Å². The van der Waals surface area contributed by atoms with Gasteiger partial charge in [0.05, 0.1) is 0 Å². The molecule has 1 aliphatic heterocycles. The number of carbonyl (C=O) groups excluding carboxylic acids is 4. The number of imide groups is 1. The summed E-state index contributed by atoms with van der Waals surface area (Å²) in [5.74, 6) is -2.14. The van der Waals surface area contributed by atoms with E-state index in [1.165, 1.54) is 20.8 Å². The molecule has 1 fully saturated rings. The van der Waals surface area contributed by atoms with Crippen LogP contribution in [-0.4, -0.2) is 51.8 Å². The number of rotatable bonds is 4. The number of amides is 3. The molecule has 0 unspecified atom stereocenters. The molecule has 1 saturated heterocycles. The minimum atomic E-state index is -1.09. The number of para-hydroxylation sites is 1. The Bertz CT molecular complexity index is 919. The average Bonchev–Trinajstić information content (AvgIpc) is 3.00. The Morgan fingerprint density at radius 2 is 1.93 bits per heavy atom. The number of aromatic nitrogens is 1. The van der Waals surface area contributed by atoms with E-state index < -0.39 is 41.9 Å². The van der Waals surface area contributed by atoms with Crippen molar-refractivity contribution in [1.29, 1.82) is 0 Å². The van der Waals surface area contributed by atoms with E-state index in [1.54, 1.807) is 6.20 Å². The van der Waals surface area contributed by atoms with Gasteiger partial charge >= 0.3 is 5.97 Å². The van der Waals surface area contributed by atoms with Crippen molar-refractivity contribution in [1.82, 2.24) is 15.2 Å². The van der Waals surface area contributed by atoms with Crippen molar-refractivity contribution in [2.24, 2.45) is 0 Å². The van der Waals surface area contributed by atoms with Crippen LogP contribution in [-0.2, 0) is 30.3 Å². The Hall–Kier alpha value is -3.16. The lowest BCUT2D eigenvalue weighted by molar-refractivity contribution is -0.163. The lowest BCUT2D eigenvalue weighted by Gasteiger charge is -2.38. The van der Waals surface area contributed by atoms with Crippen molar-refractivity contribution < 1.29 is 23.9 Å². The highest BCUT2D eigenvalue weighted by molar-refractivity contribution is 6.06. The largest absolute Gasteiger partial charge is 0.460 e. The third-order valence-electron chi connectivity index (χ3n) is 4.66. The molecule has 2 aromatic rings. The molecule has 0 bridgehead atoms. The first-order valence-electron chi connectivity index (χ1n) is 8.65. The van der Waals surface area contributed by atoms with E-state index in [0.717, 1.165) is 21.4 Å². The highest BCUT2D eigenvalue weighted by Gasteiger charge is 2.45. The van der Waals surface area contributed by atoms with Gasteiger partial charge in [-0.25, -0.2) is 0 Å². The summed E-state index contributed by atoms with van der Waals surface area (Å²) in [6.45, 7) is 3.96. The first-order valence-corrected chi connectivity index (χ1v) is 8.65. The fourth-order valence-corrected chi connectivity index (χ4v) is 3.45. The van der Waals surface area contributed by atoms with E-state index in [0.29, 0.717) is 0 Å². The van der Waals surface area contributed by atoms with E-state index in [-0.39, 0.29) is 6.42 Å². The smallest absolute Gasteiger partial charge is 0.302 e. The Morgan fingerprint density at radius 1 is 1.22 bits per heavy atom. The van der Waals surface area contributed by atoms with Crippen LogP contribution in [0.25, 0.3) is 10.9 Å². The first kappa shape index (κ1) is 18.6. The van der Waals surface area contributed by atoms with Crippen LogP contribution in [0.2, 0.25) is 0 Å². The minimum absolute atomic E-state index is 0.190. The predicted octanol–water partition coefficient (Wildman–Crippen LogP) is 0.904. The monoisotopic (exact) mass is 371 g/mol. The van der Waals surface area contributed by atoms with Gasteiger partial charge in [0.25, 0.3) is 5.91 Å². The molecule has 0 aliphatic carbocycles. The number of benzene rings is 1. The number of nitrogens with zero attached hydrogens (tertiary/aromatic N) is 1. The molecule has 27 heavy (non-hydrogen) atoms. The molecule has 3 amide bonds. The van der Waals surface area contributed by atoms with Crippen LogP contribution in [0.3, 0.4) is 0 Å². The zero-order valence-electron chi connectivity index (χ0n) is 15.3. The third-order valence-corrected chi connectivity index (χ3v) is 4.66. The zero-order valence-corrected chi connectivity index (χ0v) is 15.3. The average molecular weight is 371 g/mol. The number of piperazine rings is 1. The molecule has 8 heteroatoms. The lowest BCUT2D eigenvalue weighted by Crippen LogP contribution is -2.67. The first-order chi connectivity index (χ1) is 12.8. The van der Waals surface area contributed by atoms with Gasteiger partial charge in [-0.1, -0.05) is 18.2 Å². The van der Waals surface area contributed by atoms with Crippen molar-refractivity contribution in [3.8, 4) is 0 Å². The summed E-state index contributed by atoms with van der Waals surface area (Å²) in [4.78, 5) is 52.9. The Balaban J connectivity index is 1.89. The number of fused-ring (bicyclic) bond motifs is 1. The molecule has 142 valence electrons. The van der Waals surface area contributed by atoms with Crippen LogP contribution in [0, 0.1) is 0 Å². The van der Waals surface area contributed by atoms with E-state index in [9.17, 15) is 19.2 Å². The van der Waals surface area contributed by atoms with E-state index in [2.05, 4.69) is 10.3 Å². The molecule has 3 atom stereocenters. The molecular weight excluding hydrogens is 350 g/mol. The maximum atomic E-state index is 12.8. The molecule has 2 heterocycles. The van der Waals surface area contributed by atoms with Crippen LogP contribution >= 0.6 is 0 Å². The van der Waals surface area contributed by atoms with Crippen LogP contribution in [0.5, 0.6) is 0 Å². The number of hydrogen-bond donors (Lipinski definition) is 2. The van der Waals surface area contributed by atoms with Gasteiger partial charge < -0.3 is 15.0 Å². The van der Waals surface area contributed by atoms with Crippen molar-refractivity contribution in [2.45, 2.75) is 45.4 Å². The number of nitrogens with one attached hydrogen (secondary N) is 2. The molecule has 3 rings (SSSR count). The fraction of sp³-hybridized carbons (Fsp3) is 0.368. The molecule has 1 aromatic heterocycles. The lowest BCUT2D eigenvalue weighted by atomic mass is 9.97. The van der Waals surface area contributed by atoms with Crippen molar-refractivity contribution in [2.75, 3.05) is 0 Å². The number of ether oxygens (including phenoxy) is 1. The topological polar surface area (TPSA) is 109 Å². The normalized spacial score (nSPS) is 21.1. The standard InChI is InChI=1S/C19H21N3O5/c1-10(27-12(3)24)17-19(26)22(11(2)23)16(18(25)21-17)8-13-9-20-15-7-5-4-6-14(13)15/h4-7,9-10,16-17,20H,8H2,1-3H3,(H,21,25)/t10-,16+,17+/m1/s1. The van der Waals surface area contributed by atoms with Crippen molar-refractivity contribution in [3.05, 3.63) is 36.0 Å². The molecular formula is C19H21N3O5. The second-order valence-electron chi connectivity index (χ2n) is 6.61. The third kappa shape index (κ3) is 3.55. The second kappa shape index (κ2) is 7.22. The Kier molecular flexibility index (Phi) is 4.98. The predicted molar refractivity (Wildman–Crippen MR) is 96.5 cm³/mol. The maximum absolute atomic E-state index is 12.8. The van der Waals surface area contributed by atoms with Crippen LogP contribution in [0.4, 0.5) is 0 Å². The molecule has 1 aromatic carbocycles. The SMILES string of the molecule is CC(=O)O[C@H](C)[C@@H]1NC(=O)[C@H](Cc2c[nH]c3ccccc23)N(C(C)=O)C1=O. The summed E-state index contributed by atoms with van der Waals surface area (Å²) < 4.78 is 5.02. The van der Waals surface area contributed by atoms with Gasteiger partial charge in [-0.05, 0) is 18.6 Å². The zero-order chi connectivity index (χ0) is 19.7. The van der Waals surface area contributed by atoms with Gasteiger partial charge in [-0.15, -0.1) is 0 Å². The molecule has 0 saturated carbocycles. The van der Waals surface area contributed by atoms with Gasteiger partial charge in [0.15, 0.2) is 0 Å². The van der Waals surface area contributed by atoms with Gasteiger partial charge in [0.2, 0.25) is 11.8 Å². The number of carbonyl (C=O) groups is 4. The van der Waals surface area contributed by atoms with E-state index in [1.807, 2.05) is 24.3 Å². The van der Waals surface area contributed by atoms with E-state index in [4.69, 9.17) is 4.74 Å². The van der Waals surface area contributed by atoms with Gasteiger partial charge in [0.1, 0.15) is 18.2 Å². The molecule has 0 radical (unpaired) electrons. The van der Waals surface area contributed by atoms with Gasteiger partial charge in [-0.3, -0.25) is 24.1 Å². The summed E-state index contributed by atoms with van der Waals surface area (Å²) in [7, 11) is 0. The number of aromatic amines is 1. The highest BCUT2D eigenvalue weighted by atomic mass is 16.5. The number of hydrogen-bond acceptors (Lipinski definition) is 5. The number of esters is 1. The van der Waals surface area contributed by atoms with Crippen molar-refractivity contribution >= 4 is 34.6 Å².